The predicted molar refractivity (Wildman–Crippen MR) is 119 cm³/mol. The number of hydrogen-bond acceptors (Lipinski definition) is 8. The molecule has 3 N–H and O–H groups in total. The van der Waals surface area contributed by atoms with Crippen molar-refractivity contribution in [3.63, 3.8) is 0 Å². The van der Waals surface area contributed by atoms with Crippen molar-refractivity contribution in [1.82, 2.24) is 15.2 Å². The Balaban J connectivity index is 1.54. The van der Waals surface area contributed by atoms with Gasteiger partial charge in [-0.2, -0.15) is 0 Å². The van der Waals surface area contributed by atoms with Crippen LogP contribution in [0, 0.1) is 16.0 Å². The number of aromatic nitrogens is 1. The normalized spacial score (nSPS) is 22.2. The fourth-order valence-corrected chi connectivity index (χ4v) is 4.10. The number of amides is 1. The van der Waals surface area contributed by atoms with Gasteiger partial charge in [-0.25, -0.2) is 4.98 Å². The highest BCUT2D eigenvalue weighted by atomic mass is 16.6. The van der Waals surface area contributed by atoms with Crippen LogP contribution in [-0.4, -0.2) is 72.2 Å². The molecule has 1 amide bonds. The third-order valence-electron chi connectivity index (χ3n) is 5.81. The molecule has 10 heteroatoms. The van der Waals surface area contributed by atoms with E-state index >= 15 is 0 Å². The number of morpholine rings is 1. The first-order valence-electron chi connectivity index (χ1n) is 11.2. The van der Waals surface area contributed by atoms with Crippen molar-refractivity contribution in [2.45, 2.75) is 51.6 Å². The zero-order chi connectivity index (χ0) is 22.2. The molecule has 172 valence electrons. The summed E-state index contributed by atoms with van der Waals surface area (Å²) in [6.07, 6.45) is 4.46. The average Bonchev–Trinajstić information content (AvgIpc) is 2.74. The summed E-state index contributed by atoms with van der Waals surface area (Å²) in [4.78, 5) is 29.8. The monoisotopic (exact) mass is 434 g/mol. The summed E-state index contributed by atoms with van der Waals surface area (Å²) < 4.78 is 5.36. The van der Waals surface area contributed by atoms with Crippen molar-refractivity contribution < 1.29 is 14.5 Å². The number of pyridine rings is 1. The summed E-state index contributed by atoms with van der Waals surface area (Å²) in [5.41, 5.74) is 0.447. The van der Waals surface area contributed by atoms with Gasteiger partial charge >= 0.3 is 5.69 Å². The van der Waals surface area contributed by atoms with E-state index in [9.17, 15) is 14.9 Å². The van der Waals surface area contributed by atoms with E-state index < -0.39 is 4.92 Å². The molecule has 2 aliphatic rings. The van der Waals surface area contributed by atoms with Gasteiger partial charge in [-0.15, -0.1) is 0 Å². The van der Waals surface area contributed by atoms with Crippen molar-refractivity contribution in [1.29, 1.82) is 0 Å². The van der Waals surface area contributed by atoms with Gasteiger partial charge in [-0.05, 0) is 39.5 Å². The van der Waals surface area contributed by atoms with Crippen LogP contribution in [0.4, 0.5) is 17.2 Å². The predicted octanol–water partition coefficient (Wildman–Crippen LogP) is 2.23. The summed E-state index contributed by atoms with van der Waals surface area (Å²) in [7, 11) is 0. The van der Waals surface area contributed by atoms with Crippen LogP contribution in [0.15, 0.2) is 12.3 Å². The fraction of sp³-hybridized carbons (Fsp3) is 0.714. The number of rotatable bonds is 9. The molecule has 1 aliphatic carbocycles. The highest BCUT2D eigenvalue weighted by molar-refractivity contribution is 5.79. The zero-order valence-electron chi connectivity index (χ0n) is 18.4. The second-order valence-corrected chi connectivity index (χ2v) is 8.58. The molecule has 1 saturated carbocycles. The maximum absolute atomic E-state index is 12.2. The van der Waals surface area contributed by atoms with E-state index in [0.717, 1.165) is 58.5 Å². The maximum atomic E-state index is 12.2. The molecule has 1 aromatic heterocycles. The van der Waals surface area contributed by atoms with E-state index in [0.29, 0.717) is 18.1 Å². The first-order valence-corrected chi connectivity index (χ1v) is 11.2. The van der Waals surface area contributed by atoms with Gasteiger partial charge in [0.15, 0.2) is 0 Å². The van der Waals surface area contributed by atoms with Crippen LogP contribution in [0.1, 0.15) is 39.5 Å². The van der Waals surface area contributed by atoms with E-state index in [1.54, 1.807) is 6.07 Å². The molecule has 0 atom stereocenters. The molecule has 31 heavy (non-hydrogen) atoms. The van der Waals surface area contributed by atoms with Crippen molar-refractivity contribution in [3.05, 3.63) is 22.4 Å². The molecule has 1 saturated heterocycles. The van der Waals surface area contributed by atoms with Crippen molar-refractivity contribution in [2.75, 3.05) is 50.0 Å². The van der Waals surface area contributed by atoms with E-state index in [1.165, 1.54) is 6.20 Å². The lowest BCUT2D eigenvalue weighted by Crippen LogP contribution is -2.39. The highest BCUT2D eigenvalue weighted by Gasteiger charge is 2.28. The van der Waals surface area contributed by atoms with Crippen LogP contribution in [0.3, 0.4) is 0 Å². The Morgan fingerprint density at radius 3 is 2.65 bits per heavy atom. The van der Waals surface area contributed by atoms with Gasteiger partial charge in [0.1, 0.15) is 17.7 Å². The standard InChI is InChI=1S/C21H34N6O4/c1-15(2)24-21(28)16-3-5-17(6-4-16)25-18-13-20(23-14-19(18)27(29)30)22-7-8-26-9-11-31-12-10-26/h13-17H,3-12H2,1-2H3,(H,24,28)(H2,22,23,25). The summed E-state index contributed by atoms with van der Waals surface area (Å²) in [5.74, 6) is 0.742. The Morgan fingerprint density at radius 1 is 1.29 bits per heavy atom. The minimum absolute atomic E-state index is 0.0188. The Hall–Kier alpha value is -2.46. The van der Waals surface area contributed by atoms with Crippen molar-refractivity contribution in [3.8, 4) is 0 Å². The van der Waals surface area contributed by atoms with Crippen LogP contribution in [0.25, 0.3) is 0 Å². The van der Waals surface area contributed by atoms with Crippen molar-refractivity contribution >= 4 is 23.1 Å². The third-order valence-corrected chi connectivity index (χ3v) is 5.81. The smallest absolute Gasteiger partial charge is 0.310 e. The molecule has 0 aromatic carbocycles. The number of anilines is 2. The molecule has 0 unspecified atom stereocenters. The molecule has 2 heterocycles. The molecule has 3 rings (SSSR count). The van der Waals surface area contributed by atoms with Gasteiger partial charge in [0.25, 0.3) is 0 Å². The Bertz CT molecular complexity index is 745. The van der Waals surface area contributed by atoms with Crippen LogP contribution in [-0.2, 0) is 9.53 Å². The maximum Gasteiger partial charge on any atom is 0.310 e. The van der Waals surface area contributed by atoms with Crippen LogP contribution in [0.5, 0.6) is 0 Å². The van der Waals surface area contributed by atoms with Gasteiger partial charge in [-0.3, -0.25) is 19.8 Å². The third kappa shape index (κ3) is 7.03. The van der Waals surface area contributed by atoms with Crippen molar-refractivity contribution in [2.24, 2.45) is 5.92 Å². The summed E-state index contributed by atoms with van der Waals surface area (Å²) in [5, 5.41) is 21.0. The summed E-state index contributed by atoms with van der Waals surface area (Å²) >= 11 is 0. The van der Waals surface area contributed by atoms with Gasteiger partial charge in [0.05, 0.1) is 18.1 Å². The second kappa shape index (κ2) is 11.2. The number of nitrogens with zero attached hydrogens (tertiary/aromatic N) is 3. The molecule has 1 aliphatic heterocycles. The van der Waals surface area contributed by atoms with Crippen LogP contribution < -0.4 is 16.0 Å². The lowest BCUT2D eigenvalue weighted by molar-refractivity contribution is -0.384. The average molecular weight is 435 g/mol. The molecular weight excluding hydrogens is 400 g/mol. The second-order valence-electron chi connectivity index (χ2n) is 8.58. The molecule has 2 fully saturated rings. The van der Waals surface area contributed by atoms with Gasteiger partial charge in [-0.1, -0.05) is 0 Å². The van der Waals surface area contributed by atoms with E-state index in [-0.39, 0.29) is 29.6 Å². The van der Waals surface area contributed by atoms with Crippen LogP contribution in [0.2, 0.25) is 0 Å². The first kappa shape index (κ1) is 23.2. The largest absolute Gasteiger partial charge is 0.379 e. The molecule has 0 spiro atoms. The van der Waals surface area contributed by atoms with Gasteiger partial charge in [0.2, 0.25) is 5.91 Å². The number of ether oxygens (including phenoxy) is 1. The molecular formula is C21H34N6O4. The van der Waals surface area contributed by atoms with E-state index in [2.05, 4.69) is 25.8 Å². The number of carbonyl (C=O) groups excluding carboxylic acids is 1. The number of nitrogens with one attached hydrogen (secondary N) is 3. The number of carbonyl (C=O) groups is 1. The van der Waals surface area contributed by atoms with E-state index in [4.69, 9.17) is 4.74 Å². The lowest BCUT2D eigenvalue weighted by atomic mass is 9.85. The molecule has 0 bridgehead atoms. The van der Waals surface area contributed by atoms with Gasteiger partial charge in [0, 0.05) is 50.2 Å². The summed E-state index contributed by atoms with van der Waals surface area (Å²) in [6, 6.07) is 1.96. The minimum Gasteiger partial charge on any atom is -0.379 e. The summed E-state index contributed by atoms with van der Waals surface area (Å²) in [6.45, 7) is 8.84. The highest BCUT2D eigenvalue weighted by Crippen LogP contribution is 2.31. The molecule has 10 nitrogen and oxygen atoms in total. The lowest BCUT2D eigenvalue weighted by Gasteiger charge is -2.29. The minimum atomic E-state index is -0.408. The van der Waals surface area contributed by atoms with E-state index in [1.807, 2.05) is 13.8 Å². The molecule has 1 aromatic rings. The number of nitro groups is 1. The van der Waals surface area contributed by atoms with Gasteiger partial charge < -0.3 is 20.7 Å². The Labute approximate surface area is 183 Å². The quantitative estimate of drug-likeness (QED) is 0.400. The molecule has 0 radical (unpaired) electrons. The topological polar surface area (TPSA) is 122 Å². The fourth-order valence-electron chi connectivity index (χ4n) is 4.10. The zero-order valence-corrected chi connectivity index (χ0v) is 18.4. The number of hydrogen-bond donors (Lipinski definition) is 3. The Morgan fingerprint density at radius 2 is 2.00 bits per heavy atom. The Kier molecular flexibility index (Phi) is 8.42. The SMILES string of the molecule is CC(C)NC(=O)C1CCC(Nc2cc(NCCN3CCOCC3)ncc2[N+](=O)[O-])CC1. The first-order chi connectivity index (χ1) is 14.9. The van der Waals surface area contributed by atoms with Crippen LogP contribution >= 0.6 is 0 Å².